The van der Waals surface area contributed by atoms with Gasteiger partial charge in [-0.3, -0.25) is 0 Å². The van der Waals surface area contributed by atoms with Crippen molar-refractivity contribution in [2.24, 2.45) is 0 Å². The van der Waals surface area contributed by atoms with E-state index in [2.05, 4.69) is 0 Å². The first kappa shape index (κ1) is 18.2. The first-order chi connectivity index (χ1) is 9.23. The predicted octanol–water partition coefficient (Wildman–Crippen LogP) is 5.48. The minimum atomic E-state index is -4.74. The zero-order chi connectivity index (χ0) is 16.6. The maximum absolute atomic E-state index is 12.5. The molecule has 0 aliphatic heterocycles. The van der Waals surface area contributed by atoms with Crippen LogP contribution in [0.3, 0.4) is 0 Å². The summed E-state index contributed by atoms with van der Waals surface area (Å²) in [5, 5.41) is 0. The highest BCUT2D eigenvalue weighted by Gasteiger charge is 2.43. The van der Waals surface area contributed by atoms with E-state index in [0.717, 1.165) is 5.56 Å². The summed E-state index contributed by atoms with van der Waals surface area (Å²) in [4.78, 5) is 9.18. The van der Waals surface area contributed by atoms with Gasteiger partial charge in [0.1, 0.15) is 5.75 Å². The lowest BCUT2D eigenvalue weighted by Crippen LogP contribution is -2.18. The Labute approximate surface area is 125 Å². The summed E-state index contributed by atoms with van der Waals surface area (Å²) in [7, 11) is -3.50. The Bertz CT molecular complexity index is 499. The number of halogens is 3. The Morgan fingerprint density at radius 2 is 1.48 bits per heavy atom. The van der Waals surface area contributed by atoms with Gasteiger partial charge in [0.05, 0.1) is 0 Å². The molecule has 21 heavy (non-hydrogen) atoms. The first-order valence-electron chi connectivity index (χ1n) is 6.62. The van der Waals surface area contributed by atoms with Crippen molar-refractivity contribution >= 4 is 8.38 Å². The van der Waals surface area contributed by atoms with Crippen molar-refractivity contribution in [2.75, 3.05) is 0 Å². The van der Waals surface area contributed by atoms with Crippen LogP contribution in [0.5, 0.6) is 5.75 Å². The molecule has 1 N–H and O–H groups in total. The van der Waals surface area contributed by atoms with E-state index in [1.807, 2.05) is 47.6 Å². The molecular weight excluding hydrogens is 300 g/mol. The van der Waals surface area contributed by atoms with Gasteiger partial charge in [-0.05, 0) is 22.5 Å². The van der Waals surface area contributed by atoms with Crippen LogP contribution in [0.15, 0.2) is 18.2 Å². The molecule has 0 aromatic heterocycles. The molecule has 2 nitrogen and oxygen atoms in total. The second-order valence-electron chi connectivity index (χ2n) is 7.04. The smallest absolute Gasteiger partial charge is 0.441 e. The SMILES string of the molecule is CC(C)(C)c1ccc(OP(O)C(F)(F)F)c(C(C)(C)C)c1. The molecule has 0 spiro atoms. The van der Waals surface area contributed by atoms with Crippen molar-refractivity contribution < 1.29 is 22.6 Å². The zero-order valence-corrected chi connectivity index (χ0v) is 14.1. The Morgan fingerprint density at radius 3 is 1.86 bits per heavy atom. The number of hydrogen-bond acceptors (Lipinski definition) is 2. The van der Waals surface area contributed by atoms with Gasteiger partial charge in [-0.15, -0.1) is 0 Å². The van der Waals surface area contributed by atoms with Gasteiger partial charge in [-0.2, -0.15) is 13.2 Å². The highest BCUT2D eigenvalue weighted by atomic mass is 31.2. The summed E-state index contributed by atoms with van der Waals surface area (Å²) in [6.07, 6.45) is 0. The van der Waals surface area contributed by atoms with Crippen LogP contribution >= 0.6 is 8.38 Å². The Hall–Kier alpha value is -0.800. The summed E-state index contributed by atoms with van der Waals surface area (Å²) in [6, 6.07) is 5.11. The van der Waals surface area contributed by atoms with Crippen LogP contribution < -0.4 is 4.52 Å². The Kier molecular flexibility index (Phi) is 5.01. The third-order valence-electron chi connectivity index (χ3n) is 3.06. The zero-order valence-electron chi connectivity index (χ0n) is 13.2. The van der Waals surface area contributed by atoms with Crippen LogP contribution in [0.25, 0.3) is 0 Å². The maximum atomic E-state index is 12.5. The molecule has 1 unspecified atom stereocenters. The maximum Gasteiger partial charge on any atom is 0.471 e. The van der Waals surface area contributed by atoms with E-state index in [0.29, 0.717) is 5.56 Å². The average Bonchev–Trinajstić information content (AvgIpc) is 2.25. The molecule has 0 aliphatic carbocycles. The van der Waals surface area contributed by atoms with Crippen LogP contribution in [-0.4, -0.2) is 10.8 Å². The van der Waals surface area contributed by atoms with Crippen LogP contribution in [0.1, 0.15) is 52.7 Å². The monoisotopic (exact) mass is 322 g/mol. The Morgan fingerprint density at radius 1 is 0.952 bits per heavy atom. The van der Waals surface area contributed by atoms with Gasteiger partial charge in [-0.1, -0.05) is 53.7 Å². The van der Waals surface area contributed by atoms with E-state index in [-0.39, 0.29) is 11.2 Å². The standard InChI is InChI=1S/C15H22F3O2P/c1-13(2,3)10-7-8-12(11(9-10)14(4,5)6)20-21(19)15(16,17)18/h7-9,19H,1-6H3. The van der Waals surface area contributed by atoms with Gasteiger partial charge in [0.2, 0.25) is 0 Å². The van der Waals surface area contributed by atoms with Crippen LogP contribution in [0.4, 0.5) is 13.2 Å². The highest BCUT2D eigenvalue weighted by Crippen LogP contribution is 2.52. The average molecular weight is 322 g/mol. The van der Waals surface area contributed by atoms with Crippen LogP contribution in [-0.2, 0) is 10.8 Å². The molecular formula is C15H22F3O2P. The van der Waals surface area contributed by atoms with E-state index in [1.54, 1.807) is 6.07 Å². The molecule has 0 heterocycles. The topological polar surface area (TPSA) is 29.5 Å². The predicted molar refractivity (Wildman–Crippen MR) is 79.7 cm³/mol. The van der Waals surface area contributed by atoms with Crippen molar-refractivity contribution in [2.45, 2.75) is 58.3 Å². The summed E-state index contributed by atoms with van der Waals surface area (Å²) < 4.78 is 42.3. The van der Waals surface area contributed by atoms with E-state index < -0.39 is 19.7 Å². The van der Waals surface area contributed by atoms with Crippen molar-refractivity contribution in [3.8, 4) is 5.75 Å². The van der Waals surface area contributed by atoms with E-state index in [1.165, 1.54) is 6.07 Å². The third kappa shape index (κ3) is 4.86. The van der Waals surface area contributed by atoms with Gasteiger partial charge in [0.15, 0.2) is 0 Å². The lowest BCUT2D eigenvalue weighted by molar-refractivity contribution is -0.0545. The van der Waals surface area contributed by atoms with Crippen molar-refractivity contribution in [1.29, 1.82) is 0 Å². The molecule has 1 atom stereocenters. The highest BCUT2D eigenvalue weighted by molar-refractivity contribution is 7.47. The van der Waals surface area contributed by atoms with E-state index in [4.69, 9.17) is 4.52 Å². The summed E-state index contributed by atoms with van der Waals surface area (Å²) in [6.45, 7) is 11.8. The third-order valence-corrected chi connectivity index (χ3v) is 3.86. The Balaban J connectivity index is 3.27. The van der Waals surface area contributed by atoms with Gasteiger partial charge in [-0.25, -0.2) is 0 Å². The number of rotatable bonds is 2. The molecule has 1 aromatic carbocycles. The van der Waals surface area contributed by atoms with Crippen LogP contribution in [0.2, 0.25) is 0 Å². The quantitative estimate of drug-likeness (QED) is 0.730. The fraction of sp³-hybridized carbons (Fsp3) is 0.600. The molecule has 6 heteroatoms. The van der Waals surface area contributed by atoms with E-state index >= 15 is 0 Å². The number of alkyl halides is 3. The molecule has 1 aromatic rings. The summed E-state index contributed by atoms with van der Waals surface area (Å²) >= 11 is 0. The first-order valence-corrected chi connectivity index (χ1v) is 7.83. The van der Waals surface area contributed by atoms with Crippen LogP contribution in [0, 0.1) is 0 Å². The normalized spacial score (nSPS) is 15.0. The minimum absolute atomic E-state index is 0.0847. The molecule has 0 amide bonds. The van der Waals surface area contributed by atoms with Crippen molar-refractivity contribution in [3.63, 3.8) is 0 Å². The molecule has 0 aliphatic rings. The second-order valence-corrected chi connectivity index (χ2v) is 8.28. The minimum Gasteiger partial charge on any atom is -0.441 e. The van der Waals surface area contributed by atoms with E-state index in [9.17, 15) is 18.1 Å². The molecule has 0 radical (unpaired) electrons. The van der Waals surface area contributed by atoms with Gasteiger partial charge in [0, 0.05) is 5.56 Å². The molecule has 0 saturated heterocycles. The molecule has 120 valence electrons. The number of hydrogen-bond donors (Lipinski definition) is 1. The molecule has 1 rings (SSSR count). The van der Waals surface area contributed by atoms with Gasteiger partial charge in [0.25, 0.3) is 0 Å². The lowest BCUT2D eigenvalue weighted by atomic mass is 9.80. The van der Waals surface area contributed by atoms with Crippen molar-refractivity contribution in [1.82, 2.24) is 0 Å². The lowest BCUT2D eigenvalue weighted by Gasteiger charge is -2.28. The second kappa shape index (κ2) is 5.77. The largest absolute Gasteiger partial charge is 0.471 e. The summed E-state index contributed by atoms with van der Waals surface area (Å²) in [5.41, 5.74) is 1.15. The molecule has 0 saturated carbocycles. The fourth-order valence-corrected chi connectivity index (χ4v) is 2.26. The van der Waals surface area contributed by atoms with Gasteiger partial charge < -0.3 is 9.42 Å². The van der Waals surface area contributed by atoms with Crippen molar-refractivity contribution in [3.05, 3.63) is 29.3 Å². The molecule has 0 bridgehead atoms. The van der Waals surface area contributed by atoms with Gasteiger partial charge >= 0.3 is 14.3 Å². The number of benzene rings is 1. The molecule has 0 fully saturated rings. The fourth-order valence-electron chi connectivity index (χ4n) is 1.81. The summed E-state index contributed by atoms with van der Waals surface area (Å²) in [5.74, 6) is -4.66.